The zero-order chi connectivity index (χ0) is 21.3. The first-order chi connectivity index (χ1) is 14.4. The molecule has 3 N–H and O–H groups in total. The first-order valence-electron chi connectivity index (χ1n) is 9.72. The third kappa shape index (κ3) is 4.11. The molecule has 1 aliphatic heterocycles. The number of aromatic nitrogens is 2. The first-order valence-corrected chi connectivity index (χ1v) is 9.72. The van der Waals surface area contributed by atoms with Crippen LogP contribution in [0.4, 0.5) is 10.1 Å². The summed E-state index contributed by atoms with van der Waals surface area (Å²) >= 11 is 0. The van der Waals surface area contributed by atoms with E-state index < -0.39 is 0 Å². The van der Waals surface area contributed by atoms with Crippen molar-refractivity contribution in [2.75, 3.05) is 31.5 Å². The number of carbonyl (C=O) groups is 2. The van der Waals surface area contributed by atoms with Crippen LogP contribution in [-0.2, 0) is 4.79 Å². The normalized spacial score (nSPS) is 15.9. The molecule has 0 aliphatic carbocycles. The molecule has 8 nitrogen and oxygen atoms in total. The number of hydrogen-bond acceptors (Lipinski definition) is 4. The van der Waals surface area contributed by atoms with E-state index in [1.807, 2.05) is 11.8 Å². The molecule has 0 bridgehead atoms. The zero-order valence-corrected chi connectivity index (χ0v) is 16.4. The van der Waals surface area contributed by atoms with Gasteiger partial charge in [-0.1, -0.05) is 0 Å². The molecule has 1 unspecified atom stereocenters. The summed E-state index contributed by atoms with van der Waals surface area (Å²) in [6, 6.07) is 10.3. The van der Waals surface area contributed by atoms with Gasteiger partial charge in [-0.25, -0.2) is 9.18 Å². The Balaban J connectivity index is 1.34. The van der Waals surface area contributed by atoms with Crippen LogP contribution in [0.25, 0.3) is 11.0 Å². The molecule has 0 spiro atoms. The minimum atomic E-state index is -0.381. The second-order valence-corrected chi connectivity index (χ2v) is 7.34. The number of fused-ring (bicyclic) bond motifs is 1. The van der Waals surface area contributed by atoms with Gasteiger partial charge in [-0.15, -0.1) is 0 Å². The highest BCUT2D eigenvalue weighted by Crippen LogP contribution is 2.16. The second kappa shape index (κ2) is 8.11. The smallest absolute Gasteiger partial charge is 0.323 e. The van der Waals surface area contributed by atoms with Gasteiger partial charge in [0.15, 0.2) is 0 Å². The predicted molar refractivity (Wildman–Crippen MR) is 111 cm³/mol. The molecule has 1 fully saturated rings. The first kappa shape index (κ1) is 19.8. The summed E-state index contributed by atoms with van der Waals surface area (Å²) in [4.78, 5) is 45.6. The van der Waals surface area contributed by atoms with E-state index in [0.717, 1.165) is 0 Å². The number of carbonyl (C=O) groups excluding carboxylic acids is 2. The number of piperazine rings is 1. The molecule has 2 heterocycles. The fourth-order valence-corrected chi connectivity index (χ4v) is 3.61. The summed E-state index contributed by atoms with van der Waals surface area (Å²) < 4.78 is 13.1. The van der Waals surface area contributed by atoms with E-state index in [2.05, 4.69) is 15.3 Å². The number of imidazole rings is 1. The van der Waals surface area contributed by atoms with Crippen molar-refractivity contribution in [2.24, 2.45) is 0 Å². The Morgan fingerprint density at radius 2 is 1.67 bits per heavy atom. The molecule has 0 radical (unpaired) electrons. The summed E-state index contributed by atoms with van der Waals surface area (Å²) in [5.41, 5.74) is 2.05. The number of H-pyrrole nitrogens is 2. The number of nitrogens with one attached hydrogen (secondary N) is 3. The van der Waals surface area contributed by atoms with Crippen LogP contribution in [0.3, 0.4) is 0 Å². The quantitative estimate of drug-likeness (QED) is 0.609. The molecule has 1 aliphatic rings. The van der Waals surface area contributed by atoms with Gasteiger partial charge in [-0.05, 0) is 49.4 Å². The van der Waals surface area contributed by atoms with Crippen LogP contribution in [0.1, 0.15) is 17.3 Å². The van der Waals surface area contributed by atoms with Crippen LogP contribution in [0, 0.1) is 5.82 Å². The molecule has 2 amide bonds. The Morgan fingerprint density at radius 1 is 1.00 bits per heavy atom. The average molecular weight is 411 g/mol. The molecule has 1 aromatic heterocycles. The van der Waals surface area contributed by atoms with Crippen LogP contribution in [0.15, 0.2) is 47.3 Å². The Labute approximate surface area is 171 Å². The van der Waals surface area contributed by atoms with Crippen LogP contribution in [0.5, 0.6) is 0 Å². The zero-order valence-electron chi connectivity index (χ0n) is 16.4. The molecule has 0 saturated carbocycles. The number of amides is 2. The van der Waals surface area contributed by atoms with Crippen LogP contribution >= 0.6 is 0 Å². The van der Waals surface area contributed by atoms with Crippen molar-refractivity contribution >= 4 is 28.5 Å². The van der Waals surface area contributed by atoms with E-state index in [4.69, 9.17) is 0 Å². The number of nitrogens with zero attached hydrogens (tertiary/aromatic N) is 2. The summed E-state index contributed by atoms with van der Waals surface area (Å²) in [6.45, 7) is 3.93. The summed E-state index contributed by atoms with van der Waals surface area (Å²) in [6.07, 6.45) is 0. The van der Waals surface area contributed by atoms with Gasteiger partial charge in [0.25, 0.3) is 5.91 Å². The average Bonchev–Trinajstić information content (AvgIpc) is 3.12. The van der Waals surface area contributed by atoms with E-state index in [1.54, 1.807) is 23.1 Å². The Morgan fingerprint density at radius 3 is 2.37 bits per heavy atom. The minimum absolute atomic E-state index is 0.138. The van der Waals surface area contributed by atoms with Gasteiger partial charge in [0, 0.05) is 37.4 Å². The van der Waals surface area contributed by atoms with Gasteiger partial charge in [-0.2, -0.15) is 0 Å². The highest BCUT2D eigenvalue weighted by molar-refractivity contribution is 5.96. The second-order valence-electron chi connectivity index (χ2n) is 7.34. The lowest BCUT2D eigenvalue weighted by Crippen LogP contribution is -2.54. The third-order valence-corrected chi connectivity index (χ3v) is 5.40. The van der Waals surface area contributed by atoms with Crippen LogP contribution in [-0.4, -0.2) is 63.8 Å². The van der Waals surface area contributed by atoms with Crippen LogP contribution in [0.2, 0.25) is 0 Å². The van der Waals surface area contributed by atoms with Crippen molar-refractivity contribution in [2.45, 2.75) is 13.0 Å². The van der Waals surface area contributed by atoms with Crippen LogP contribution < -0.4 is 11.0 Å². The molecule has 1 atom stereocenters. The van der Waals surface area contributed by atoms with Crippen molar-refractivity contribution < 1.29 is 14.0 Å². The van der Waals surface area contributed by atoms with Gasteiger partial charge in [-0.3, -0.25) is 14.5 Å². The Bertz CT molecular complexity index is 1130. The number of aromatic amines is 2. The number of hydrogen-bond donors (Lipinski definition) is 3. The molecule has 2 aromatic carbocycles. The minimum Gasteiger partial charge on any atom is -0.336 e. The molecular formula is C21H22FN5O3. The lowest BCUT2D eigenvalue weighted by atomic mass is 10.1. The highest BCUT2D eigenvalue weighted by atomic mass is 19.1. The van der Waals surface area contributed by atoms with Gasteiger partial charge in [0.2, 0.25) is 5.91 Å². The third-order valence-electron chi connectivity index (χ3n) is 5.40. The highest BCUT2D eigenvalue weighted by Gasteiger charge is 2.28. The molecule has 3 aromatic rings. The lowest BCUT2D eigenvalue weighted by Gasteiger charge is -2.37. The van der Waals surface area contributed by atoms with Crippen molar-refractivity contribution in [3.8, 4) is 0 Å². The van der Waals surface area contributed by atoms with Gasteiger partial charge >= 0.3 is 5.69 Å². The summed E-state index contributed by atoms with van der Waals surface area (Å²) in [5, 5.41) is 2.87. The topological polar surface area (TPSA) is 101 Å². The van der Waals surface area contributed by atoms with E-state index in [-0.39, 0.29) is 29.4 Å². The Hall–Kier alpha value is -3.46. The van der Waals surface area contributed by atoms with E-state index in [9.17, 15) is 18.8 Å². The maximum atomic E-state index is 13.1. The largest absolute Gasteiger partial charge is 0.336 e. The molecule has 9 heteroatoms. The standard InChI is InChI=1S/C21H22FN5O3/c1-13(19(28)23-16-6-7-17-18(12-16)25-21(30)24-17)26-8-10-27(11-9-26)20(29)14-2-4-15(22)5-3-14/h2-7,12-13H,8-11H2,1H3,(H,23,28)(H2,24,25,30). The predicted octanol–water partition coefficient (Wildman–Crippen LogP) is 1.78. The SMILES string of the molecule is CC(C(=O)Nc1ccc2[nH]c(=O)[nH]c2c1)N1CCN(C(=O)c2ccc(F)cc2)CC1. The number of anilines is 1. The number of rotatable bonds is 4. The van der Waals surface area contributed by atoms with E-state index in [0.29, 0.717) is 48.5 Å². The molecule has 156 valence electrons. The Kier molecular flexibility index (Phi) is 5.37. The molecule has 1 saturated heterocycles. The van der Waals surface area contributed by atoms with Crippen molar-refractivity contribution in [1.29, 1.82) is 0 Å². The van der Waals surface area contributed by atoms with Gasteiger partial charge in [0.1, 0.15) is 5.82 Å². The summed E-state index contributed by atoms with van der Waals surface area (Å²) in [5.74, 6) is -0.677. The van der Waals surface area contributed by atoms with Gasteiger partial charge in [0.05, 0.1) is 17.1 Å². The number of benzene rings is 2. The fraction of sp³-hybridized carbons (Fsp3) is 0.286. The monoisotopic (exact) mass is 411 g/mol. The van der Waals surface area contributed by atoms with E-state index in [1.165, 1.54) is 24.3 Å². The maximum absolute atomic E-state index is 13.1. The maximum Gasteiger partial charge on any atom is 0.323 e. The van der Waals surface area contributed by atoms with E-state index >= 15 is 0 Å². The number of halogens is 1. The van der Waals surface area contributed by atoms with Crippen molar-refractivity contribution in [3.05, 3.63) is 64.3 Å². The fourth-order valence-electron chi connectivity index (χ4n) is 3.61. The molecule has 30 heavy (non-hydrogen) atoms. The molecule has 4 rings (SSSR count). The van der Waals surface area contributed by atoms with Crippen molar-refractivity contribution in [3.63, 3.8) is 0 Å². The van der Waals surface area contributed by atoms with Gasteiger partial charge < -0.3 is 20.2 Å². The molecular weight excluding hydrogens is 389 g/mol. The van der Waals surface area contributed by atoms with Crippen molar-refractivity contribution in [1.82, 2.24) is 19.8 Å². The lowest BCUT2D eigenvalue weighted by molar-refractivity contribution is -0.121. The summed E-state index contributed by atoms with van der Waals surface area (Å²) in [7, 11) is 0.